The summed E-state index contributed by atoms with van der Waals surface area (Å²) in [6, 6.07) is -8.77. The highest BCUT2D eigenvalue weighted by Crippen LogP contribution is 2.09. The molecule has 0 saturated heterocycles. The fraction of sp³-hybridized carbons (Fsp3) is 0.667. The van der Waals surface area contributed by atoms with Gasteiger partial charge in [-0.1, -0.05) is 27.7 Å². The lowest BCUT2D eigenvalue weighted by Gasteiger charge is -2.27. The number of nitrogens with two attached hydrogens (primary N) is 4. The van der Waals surface area contributed by atoms with Gasteiger partial charge in [-0.25, -0.2) is 4.79 Å². The molecule has 6 atom stereocenters. The number of aliphatic imine (C=N–C) groups is 1. The number of carboxylic acids is 2. The molecule has 0 aliphatic heterocycles. The van der Waals surface area contributed by atoms with Crippen molar-refractivity contribution in [1.29, 1.82) is 0 Å². The second-order valence-corrected chi connectivity index (χ2v) is 12.7. The summed E-state index contributed by atoms with van der Waals surface area (Å²) in [6.07, 6.45) is -1.37. The van der Waals surface area contributed by atoms with E-state index in [1.807, 2.05) is 5.32 Å². The third kappa shape index (κ3) is 19.6. The lowest BCUT2D eigenvalue weighted by molar-refractivity contribution is -0.143. The van der Waals surface area contributed by atoms with Gasteiger partial charge in [0.25, 0.3) is 0 Å². The van der Waals surface area contributed by atoms with E-state index in [1.165, 1.54) is 0 Å². The number of carboxylic acid groups (broad SMARTS) is 2. The molecule has 23 nitrogen and oxygen atoms in total. The third-order valence-corrected chi connectivity index (χ3v) is 7.18. The first-order chi connectivity index (χ1) is 24.6. The van der Waals surface area contributed by atoms with E-state index in [4.69, 9.17) is 28.0 Å². The average Bonchev–Trinajstić information content (AvgIpc) is 3.03. The number of primary amides is 1. The maximum Gasteiger partial charge on any atom is 0.326 e. The van der Waals surface area contributed by atoms with Crippen LogP contribution in [0, 0.1) is 11.8 Å². The van der Waals surface area contributed by atoms with Crippen LogP contribution in [-0.4, -0.2) is 131 Å². The summed E-state index contributed by atoms with van der Waals surface area (Å²) in [7, 11) is 0. The van der Waals surface area contributed by atoms with Crippen molar-refractivity contribution in [3.8, 4) is 0 Å². The molecule has 0 fully saturated rings. The van der Waals surface area contributed by atoms with Crippen molar-refractivity contribution in [2.75, 3.05) is 19.7 Å². The van der Waals surface area contributed by atoms with Crippen LogP contribution in [0.3, 0.4) is 0 Å². The van der Waals surface area contributed by atoms with Gasteiger partial charge in [0, 0.05) is 6.54 Å². The molecule has 0 heterocycles. The van der Waals surface area contributed by atoms with Gasteiger partial charge in [0.05, 0.1) is 32.0 Å². The standard InChI is InChI=1S/C30H53N11O12/c1-13(2)8-17(27(50)38-16(6-5-7-35-30(33)34)26(49)41-23(14(3)4)29(52)53)39-28(51)18(10-20(32)43)37-21(44)11-36-25(48)19(12-42)40-24(47)15(31)9-22(45)46/h13-19,23,42H,5-12,31H2,1-4H3,(H2,32,43)(H,36,48)(H,37,44)(H,38,50)(H,39,51)(H,40,47)(H,41,49)(H,45,46)(H,52,53)(H4,33,34,35)/t15-,16-,17-,18-,19-,23-/m0/s1. The van der Waals surface area contributed by atoms with Gasteiger partial charge in [-0.05, 0) is 31.1 Å². The van der Waals surface area contributed by atoms with E-state index in [2.05, 4.69) is 31.6 Å². The van der Waals surface area contributed by atoms with Gasteiger partial charge < -0.3 is 70.2 Å². The SMILES string of the molecule is CC(C)C[C@H](NC(=O)[C@H](CC(N)=O)NC(=O)CNC(=O)[C@H](CO)NC(=O)[C@@H](N)CC(=O)O)C(=O)N[C@@H](CCCN=C(N)N)C(=O)N[C@H](C(=O)O)C(C)C. The van der Waals surface area contributed by atoms with E-state index in [0.29, 0.717) is 0 Å². The Morgan fingerprint density at radius 1 is 0.679 bits per heavy atom. The number of nitrogens with one attached hydrogen (secondary N) is 6. The Labute approximate surface area is 305 Å². The Kier molecular flexibility index (Phi) is 21.3. The summed E-state index contributed by atoms with van der Waals surface area (Å²) >= 11 is 0. The number of nitrogens with zero attached hydrogens (tertiary/aromatic N) is 1. The molecule has 0 aromatic carbocycles. The van der Waals surface area contributed by atoms with Crippen LogP contribution in [0.15, 0.2) is 4.99 Å². The van der Waals surface area contributed by atoms with E-state index < -0.39 is 121 Å². The highest BCUT2D eigenvalue weighted by atomic mass is 16.4. The van der Waals surface area contributed by atoms with Crippen LogP contribution in [0.5, 0.6) is 0 Å². The average molecular weight is 760 g/mol. The zero-order valence-corrected chi connectivity index (χ0v) is 30.0. The molecule has 0 saturated carbocycles. The molecule has 0 spiro atoms. The molecule has 0 aromatic heterocycles. The fourth-order valence-corrected chi connectivity index (χ4v) is 4.49. The zero-order valence-electron chi connectivity index (χ0n) is 30.0. The normalized spacial score (nSPS) is 14.3. The molecular formula is C30H53N11O12. The monoisotopic (exact) mass is 759 g/mol. The quantitative estimate of drug-likeness (QED) is 0.0234. The summed E-state index contributed by atoms with van der Waals surface area (Å²) in [5.74, 6) is -10.6. The van der Waals surface area contributed by atoms with Crippen molar-refractivity contribution in [3.63, 3.8) is 0 Å². The van der Waals surface area contributed by atoms with Gasteiger partial charge >= 0.3 is 11.9 Å². The lowest BCUT2D eigenvalue weighted by atomic mass is 10.0. The molecule has 23 heteroatoms. The van der Waals surface area contributed by atoms with Gasteiger partial charge in [0.15, 0.2) is 5.96 Å². The molecule has 53 heavy (non-hydrogen) atoms. The first-order valence-corrected chi connectivity index (χ1v) is 16.5. The first kappa shape index (κ1) is 47.4. The minimum Gasteiger partial charge on any atom is -0.481 e. The highest BCUT2D eigenvalue weighted by molar-refractivity contribution is 5.97. The molecule has 0 radical (unpaired) electrons. The summed E-state index contributed by atoms with van der Waals surface area (Å²) in [5.41, 5.74) is 21.4. The maximum atomic E-state index is 13.5. The van der Waals surface area contributed by atoms with Crippen LogP contribution in [0.4, 0.5) is 0 Å². The van der Waals surface area contributed by atoms with Crippen molar-refractivity contribution in [2.24, 2.45) is 39.8 Å². The number of rotatable bonds is 25. The largest absolute Gasteiger partial charge is 0.481 e. The van der Waals surface area contributed by atoms with Crippen LogP contribution < -0.4 is 54.8 Å². The van der Waals surface area contributed by atoms with E-state index in [1.54, 1.807) is 27.7 Å². The second kappa shape index (κ2) is 23.8. The highest BCUT2D eigenvalue weighted by Gasteiger charge is 2.33. The van der Waals surface area contributed by atoms with Crippen molar-refractivity contribution in [2.45, 2.75) is 96.1 Å². The Hall–Kier alpha value is -5.58. The number of carbonyl (C=O) groups excluding carboxylic acids is 7. The van der Waals surface area contributed by atoms with Crippen LogP contribution in [0.1, 0.15) is 59.8 Å². The predicted octanol–water partition coefficient (Wildman–Crippen LogP) is -5.96. The minimum atomic E-state index is -1.66. The van der Waals surface area contributed by atoms with Crippen molar-refractivity contribution in [3.05, 3.63) is 0 Å². The van der Waals surface area contributed by atoms with E-state index in [9.17, 15) is 53.4 Å². The summed E-state index contributed by atoms with van der Waals surface area (Å²) in [6.45, 7) is 4.87. The molecule has 0 aromatic rings. The summed E-state index contributed by atoms with van der Waals surface area (Å²) in [5, 5.41) is 41.5. The zero-order chi connectivity index (χ0) is 41.0. The van der Waals surface area contributed by atoms with Crippen molar-refractivity contribution >= 4 is 59.2 Å². The Morgan fingerprint density at radius 3 is 1.72 bits per heavy atom. The number of aliphatic hydroxyl groups is 1. The van der Waals surface area contributed by atoms with Crippen molar-refractivity contribution in [1.82, 2.24) is 31.9 Å². The molecule has 0 aliphatic carbocycles. The van der Waals surface area contributed by atoms with E-state index >= 15 is 0 Å². The fourth-order valence-electron chi connectivity index (χ4n) is 4.49. The molecule has 0 rings (SSSR count). The predicted molar refractivity (Wildman–Crippen MR) is 186 cm³/mol. The van der Waals surface area contributed by atoms with Gasteiger partial charge in [-0.15, -0.1) is 0 Å². The topological polar surface area (TPSA) is 403 Å². The van der Waals surface area contributed by atoms with E-state index in [-0.39, 0.29) is 37.7 Å². The van der Waals surface area contributed by atoms with Crippen LogP contribution in [0.2, 0.25) is 0 Å². The molecule has 7 amide bonds. The Bertz CT molecular complexity index is 1350. The lowest BCUT2D eigenvalue weighted by Crippen LogP contribution is -2.59. The van der Waals surface area contributed by atoms with E-state index in [0.717, 1.165) is 0 Å². The van der Waals surface area contributed by atoms with Gasteiger partial charge in [0.2, 0.25) is 41.4 Å². The summed E-state index contributed by atoms with van der Waals surface area (Å²) < 4.78 is 0. The first-order valence-electron chi connectivity index (χ1n) is 16.5. The molecular weight excluding hydrogens is 706 g/mol. The number of aliphatic hydroxyl groups excluding tert-OH is 1. The number of carbonyl (C=O) groups is 9. The number of amides is 7. The number of guanidine groups is 1. The maximum absolute atomic E-state index is 13.5. The van der Waals surface area contributed by atoms with Crippen LogP contribution >= 0.6 is 0 Å². The number of hydrogen-bond donors (Lipinski definition) is 13. The number of hydrogen-bond acceptors (Lipinski definition) is 12. The van der Waals surface area contributed by atoms with Crippen molar-refractivity contribution < 1.29 is 58.5 Å². The molecule has 0 unspecified atom stereocenters. The smallest absolute Gasteiger partial charge is 0.326 e. The molecule has 0 aliphatic rings. The number of aliphatic carboxylic acids is 2. The Balaban J connectivity index is 5.90. The van der Waals surface area contributed by atoms with Gasteiger partial charge in [0.1, 0.15) is 30.2 Å². The van der Waals surface area contributed by atoms with Gasteiger partial charge in [-0.2, -0.15) is 0 Å². The molecule has 17 N–H and O–H groups in total. The van der Waals surface area contributed by atoms with Crippen LogP contribution in [-0.2, 0) is 43.2 Å². The summed E-state index contributed by atoms with van der Waals surface area (Å²) in [4.78, 5) is 115. The minimum absolute atomic E-state index is 0.00133. The van der Waals surface area contributed by atoms with Gasteiger partial charge in [-0.3, -0.25) is 43.3 Å². The Morgan fingerprint density at radius 2 is 1.23 bits per heavy atom. The second-order valence-electron chi connectivity index (χ2n) is 12.7. The molecule has 300 valence electrons. The third-order valence-electron chi connectivity index (χ3n) is 7.18. The molecule has 0 bridgehead atoms. The van der Waals surface area contributed by atoms with Crippen LogP contribution in [0.25, 0.3) is 0 Å².